The molecule has 4 nitrogen and oxygen atoms in total. The number of carbonyl (C=O) groups is 1. The summed E-state index contributed by atoms with van der Waals surface area (Å²) in [5.41, 5.74) is 2.52. The fraction of sp³-hybridized carbons (Fsp3) is 0.588. The summed E-state index contributed by atoms with van der Waals surface area (Å²) in [6, 6.07) is 6.83. The van der Waals surface area contributed by atoms with E-state index < -0.39 is 0 Å². The lowest BCUT2D eigenvalue weighted by atomic mass is 10.00. The molecule has 4 heteroatoms. The number of carbonyl (C=O) groups excluding carboxylic acids is 1. The van der Waals surface area contributed by atoms with Crippen molar-refractivity contribution in [2.75, 3.05) is 6.61 Å². The van der Waals surface area contributed by atoms with Crippen LogP contribution < -0.4 is 15.4 Å². The van der Waals surface area contributed by atoms with Crippen LogP contribution in [0.25, 0.3) is 0 Å². The second kappa shape index (κ2) is 6.06. The zero-order chi connectivity index (χ0) is 14.8. The van der Waals surface area contributed by atoms with E-state index in [0.29, 0.717) is 6.04 Å². The highest BCUT2D eigenvalue weighted by molar-refractivity contribution is 5.81. The predicted octanol–water partition coefficient (Wildman–Crippen LogP) is 2.33. The molecule has 2 unspecified atom stereocenters. The Kier molecular flexibility index (Phi) is 4.15. The fourth-order valence-electron chi connectivity index (χ4n) is 2.80. The second-order valence-corrected chi connectivity index (χ2v) is 6.10. The summed E-state index contributed by atoms with van der Waals surface area (Å²) >= 11 is 0. The van der Waals surface area contributed by atoms with Gasteiger partial charge in [-0.3, -0.25) is 10.1 Å². The van der Waals surface area contributed by atoms with Crippen molar-refractivity contribution >= 4 is 5.91 Å². The first-order valence-electron chi connectivity index (χ1n) is 7.99. The van der Waals surface area contributed by atoms with Gasteiger partial charge in [-0.05, 0) is 43.4 Å². The Labute approximate surface area is 126 Å². The maximum absolute atomic E-state index is 12.1. The third-order valence-electron chi connectivity index (χ3n) is 4.29. The van der Waals surface area contributed by atoms with E-state index in [-0.39, 0.29) is 18.0 Å². The van der Waals surface area contributed by atoms with E-state index in [1.807, 2.05) is 6.92 Å². The number of hydrogen-bond donors (Lipinski definition) is 2. The van der Waals surface area contributed by atoms with Crippen LogP contribution in [0, 0.1) is 0 Å². The van der Waals surface area contributed by atoms with Crippen LogP contribution in [0.4, 0.5) is 0 Å². The minimum atomic E-state index is -0.167. The third-order valence-corrected chi connectivity index (χ3v) is 4.29. The molecule has 1 aliphatic heterocycles. The first-order chi connectivity index (χ1) is 10.2. The molecule has 1 amide bonds. The molecule has 0 bridgehead atoms. The third kappa shape index (κ3) is 3.38. The maximum atomic E-state index is 12.1. The molecule has 1 aliphatic carbocycles. The molecule has 3 rings (SSSR count). The SMILES string of the molecule is CCC(NC(C)C(=O)NC1CC1)c1ccc2c(c1)CCO2. The normalized spacial score (nSPS) is 19.5. The van der Waals surface area contributed by atoms with Crippen molar-refractivity contribution in [3.05, 3.63) is 29.3 Å². The summed E-state index contributed by atoms with van der Waals surface area (Å²) < 4.78 is 5.55. The smallest absolute Gasteiger partial charge is 0.237 e. The van der Waals surface area contributed by atoms with Crippen LogP contribution in [-0.4, -0.2) is 24.6 Å². The van der Waals surface area contributed by atoms with Crippen LogP contribution in [-0.2, 0) is 11.2 Å². The number of rotatable bonds is 6. The van der Waals surface area contributed by atoms with Crippen molar-refractivity contribution in [1.29, 1.82) is 0 Å². The van der Waals surface area contributed by atoms with E-state index in [4.69, 9.17) is 4.74 Å². The average molecular weight is 288 g/mol. The van der Waals surface area contributed by atoms with Crippen molar-refractivity contribution in [2.45, 2.75) is 57.7 Å². The van der Waals surface area contributed by atoms with Gasteiger partial charge in [0.2, 0.25) is 5.91 Å². The van der Waals surface area contributed by atoms with Gasteiger partial charge in [0, 0.05) is 18.5 Å². The van der Waals surface area contributed by atoms with E-state index in [0.717, 1.165) is 38.0 Å². The lowest BCUT2D eigenvalue weighted by molar-refractivity contribution is -0.123. The Balaban J connectivity index is 1.65. The van der Waals surface area contributed by atoms with Crippen molar-refractivity contribution in [3.63, 3.8) is 0 Å². The van der Waals surface area contributed by atoms with Gasteiger partial charge in [0.05, 0.1) is 12.6 Å². The zero-order valence-electron chi connectivity index (χ0n) is 12.8. The predicted molar refractivity (Wildman–Crippen MR) is 82.4 cm³/mol. The van der Waals surface area contributed by atoms with Gasteiger partial charge >= 0.3 is 0 Å². The molecule has 1 aromatic rings. The highest BCUT2D eigenvalue weighted by Crippen LogP contribution is 2.29. The number of fused-ring (bicyclic) bond motifs is 1. The van der Waals surface area contributed by atoms with Gasteiger partial charge in [0.1, 0.15) is 5.75 Å². The molecule has 0 spiro atoms. The van der Waals surface area contributed by atoms with Gasteiger partial charge in [-0.2, -0.15) is 0 Å². The number of hydrogen-bond acceptors (Lipinski definition) is 3. The minimum absolute atomic E-state index is 0.112. The molecule has 1 heterocycles. The van der Waals surface area contributed by atoms with Gasteiger partial charge in [0.15, 0.2) is 0 Å². The van der Waals surface area contributed by atoms with Crippen molar-refractivity contribution in [1.82, 2.24) is 10.6 Å². The Hall–Kier alpha value is -1.55. The van der Waals surface area contributed by atoms with E-state index in [9.17, 15) is 4.79 Å². The Morgan fingerprint density at radius 1 is 1.43 bits per heavy atom. The monoisotopic (exact) mass is 288 g/mol. The molecule has 1 aromatic carbocycles. The van der Waals surface area contributed by atoms with Crippen LogP contribution in [0.2, 0.25) is 0 Å². The average Bonchev–Trinajstić information content (AvgIpc) is 3.17. The van der Waals surface area contributed by atoms with Crippen molar-refractivity contribution < 1.29 is 9.53 Å². The minimum Gasteiger partial charge on any atom is -0.493 e. The first-order valence-corrected chi connectivity index (χ1v) is 7.99. The summed E-state index contributed by atoms with van der Waals surface area (Å²) in [5, 5.41) is 6.51. The molecule has 2 N–H and O–H groups in total. The number of amides is 1. The quantitative estimate of drug-likeness (QED) is 0.844. The highest BCUT2D eigenvalue weighted by atomic mass is 16.5. The Bertz CT molecular complexity index is 526. The zero-order valence-corrected chi connectivity index (χ0v) is 12.8. The lowest BCUT2D eigenvalue weighted by Crippen LogP contribution is -2.44. The van der Waals surface area contributed by atoms with Crippen LogP contribution in [0.15, 0.2) is 18.2 Å². The lowest BCUT2D eigenvalue weighted by Gasteiger charge is -2.22. The maximum Gasteiger partial charge on any atom is 0.237 e. The molecular formula is C17H24N2O2. The van der Waals surface area contributed by atoms with Gasteiger partial charge in [-0.25, -0.2) is 0 Å². The molecule has 2 atom stereocenters. The Morgan fingerprint density at radius 3 is 2.95 bits per heavy atom. The molecule has 2 aliphatic rings. The number of nitrogens with one attached hydrogen (secondary N) is 2. The van der Waals surface area contributed by atoms with Gasteiger partial charge in [0.25, 0.3) is 0 Å². The van der Waals surface area contributed by atoms with Crippen molar-refractivity contribution in [2.24, 2.45) is 0 Å². The first kappa shape index (κ1) is 14.4. The largest absolute Gasteiger partial charge is 0.493 e. The summed E-state index contributed by atoms with van der Waals surface area (Å²) in [7, 11) is 0. The molecule has 1 fully saturated rings. The van der Waals surface area contributed by atoms with E-state index in [1.165, 1.54) is 11.1 Å². The molecule has 114 valence electrons. The number of ether oxygens (including phenoxy) is 1. The molecule has 0 saturated heterocycles. The van der Waals surface area contributed by atoms with E-state index >= 15 is 0 Å². The van der Waals surface area contributed by atoms with E-state index in [2.05, 4.69) is 35.8 Å². The van der Waals surface area contributed by atoms with Crippen LogP contribution >= 0.6 is 0 Å². The Morgan fingerprint density at radius 2 is 2.24 bits per heavy atom. The standard InChI is InChI=1S/C17H24N2O2/c1-3-15(18-11(2)17(20)19-14-5-6-14)12-4-7-16-13(10-12)8-9-21-16/h4,7,10-11,14-15,18H,3,5-6,8-9H2,1-2H3,(H,19,20). The van der Waals surface area contributed by atoms with Crippen LogP contribution in [0.5, 0.6) is 5.75 Å². The second-order valence-electron chi connectivity index (χ2n) is 6.10. The molecule has 21 heavy (non-hydrogen) atoms. The molecule has 0 aromatic heterocycles. The molecule has 1 saturated carbocycles. The van der Waals surface area contributed by atoms with Crippen LogP contribution in [0.1, 0.15) is 50.3 Å². The summed E-state index contributed by atoms with van der Waals surface area (Å²) in [6.45, 7) is 4.87. The number of benzene rings is 1. The van der Waals surface area contributed by atoms with Crippen LogP contribution in [0.3, 0.4) is 0 Å². The van der Waals surface area contributed by atoms with Gasteiger partial charge in [-0.15, -0.1) is 0 Å². The fourth-order valence-corrected chi connectivity index (χ4v) is 2.80. The van der Waals surface area contributed by atoms with E-state index in [1.54, 1.807) is 0 Å². The van der Waals surface area contributed by atoms with Gasteiger partial charge in [-0.1, -0.05) is 19.1 Å². The van der Waals surface area contributed by atoms with Gasteiger partial charge < -0.3 is 10.1 Å². The topological polar surface area (TPSA) is 50.4 Å². The molecular weight excluding hydrogens is 264 g/mol. The summed E-state index contributed by atoms with van der Waals surface area (Å²) in [4.78, 5) is 12.1. The molecule has 0 radical (unpaired) electrons. The highest BCUT2D eigenvalue weighted by Gasteiger charge is 2.26. The summed E-state index contributed by atoms with van der Waals surface area (Å²) in [6.07, 6.45) is 4.19. The summed E-state index contributed by atoms with van der Waals surface area (Å²) in [5.74, 6) is 1.12. The van der Waals surface area contributed by atoms with Crippen molar-refractivity contribution in [3.8, 4) is 5.75 Å².